The van der Waals surface area contributed by atoms with Crippen molar-refractivity contribution < 1.29 is 9.53 Å². The first-order valence-electron chi connectivity index (χ1n) is 10.4. The van der Waals surface area contributed by atoms with Crippen LogP contribution in [0.1, 0.15) is 37.7 Å². The van der Waals surface area contributed by atoms with Gasteiger partial charge in [-0.15, -0.1) is 11.3 Å². The molecule has 1 amide bonds. The van der Waals surface area contributed by atoms with Gasteiger partial charge in [0.2, 0.25) is 0 Å². The van der Waals surface area contributed by atoms with Gasteiger partial charge >= 0.3 is 0 Å². The zero-order valence-electron chi connectivity index (χ0n) is 18.5. The number of thiophene rings is 1. The van der Waals surface area contributed by atoms with E-state index in [0.29, 0.717) is 23.1 Å². The van der Waals surface area contributed by atoms with E-state index in [1.165, 1.54) is 11.3 Å². The van der Waals surface area contributed by atoms with E-state index in [9.17, 15) is 4.79 Å². The molecule has 0 saturated heterocycles. The van der Waals surface area contributed by atoms with Crippen LogP contribution in [-0.2, 0) is 13.2 Å². The average Bonchev–Trinajstić information content (AvgIpc) is 3.37. The fourth-order valence-electron chi connectivity index (χ4n) is 3.41. The van der Waals surface area contributed by atoms with Crippen LogP contribution in [0, 0.1) is 20.8 Å². The molecule has 1 N–H and O–H groups in total. The number of carbonyl (C=O) groups excluding carboxylic acids is 1. The Balaban J connectivity index is 1.41. The number of nitrogens with one attached hydrogen (secondary N) is 1. The van der Waals surface area contributed by atoms with Crippen molar-refractivity contribution >= 4 is 50.5 Å². The highest BCUT2D eigenvalue weighted by Crippen LogP contribution is 2.25. The third-order valence-electron chi connectivity index (χ3n) is 5.28. The Hall–Kier alpha value is -2.61. The minimum Gasteiger partial charge on any atom is -0.489 e. The van der Waals surface area contributed by atoms with Gasteiger partial charge in [-0.2, -0.15) is 5.10 Å². The largest absolute Gasteiger partial charge is 0.489 e. The summed E-state index contributed by atoms with van der Waals surface area (Å²) in [6.45, 7) is 6.83. The summed E-state index contributed by atoms with van der Waals surface area (Å²) in [5.74, 6) is 0.599. The van der Waals surface area contributed by atoms with Gasteiger partial charge in [-0.05, 0) is 73.7 Å². The van der Waals surface area contributed by atoms with Gasteiger partial charge < -0.3 is 10.1 Å². The zero-order chi connectivity index (χ0) is 23.5. The van der Waals surface area contributed by atoms with Gasteiger partial charge in [-0.3, -0.25) is 9.48 Å². The number of hydrogen-bond acceptors (Lipinski definition) is 4. The van der Waals surface area contributed by atoms with Crippen molar-refractivity contribution in [2.45, 2.75) is 33.9 Å². The summed E-state index contributed by atoms with van der Waals surface area (Å²) in [6, 6.07) is 15.6. The van der Waals surface area contributed by atoms with E-state index >= 15 is 0 Å². The lowest BCUT2D eigenvalue weighted by atomic mass is 10.2. The minimum atomic E-state index is -0.150. The lowest BCUT2D eigenvalue weighted by Crippen LogP contribution is -2.12. The van der Waals surface area contributed by atoms with Crippen molar-refractivity contribution in [3.8, 4) is 5.75 Å². The van der Waals surface area contributed by atoms with Gasteiger partial charge in [-0.25, -0.2) is 0 Å². The van der Waals surface area contributed by atoms with Crippen LogP contribution in [0.5, 0.6) is 5.75 Å². The smallest absolute Gasteiger partial charge is 0.265 e. The molecule has 5 nitrogen and oxygen atoms in total. The lowest BCUT2D eigenvalue weighted by molar-refractivity contribution is 0.103. The second-order valence-corrected chi connectivity index (χ2v) is 10.0. The predicted molar refractivity (Wildman–Crippen MR) is 138 cm³/mol. The molecule has 0 saturated carbocycles. The molecule has 0 aliphatic carbocycles. The fraction of sp³-hybridized carbons (Fsp3) is 0.200. The van der Waals surface area contributed by atoms with Crippen LogP contribution in [0.15, 0.2) is 58.4 Å². The first-order chi connectivity index (χ1) is 15.8. The SMILES string of the molecule is Cc1cc(OCc2csc(C(=O)Nc3c(C)nn(Cc4ccc(Br)cc4)c3C)c2)ccc1Cl. The molecule has 0 atom stereocenters. The number of hydrogen-bond donors (Lipinski definition) is 1. The molecule has 33 heavy (non-hydrogen) atoms. The Morgan fingerprint density at radius 1 is 1.12 bits per heavy atom. The molecule has 0 fully saturated rings. The van der Waals surface area contributed by atoms with E-state index in [-0.39, 0.29) is 5.91 Å². The van der Waals surface area contributed by atoms with Crippen LogP contribution >= 0.6 is 38.9 Å². The summed E-state index contributed by atoms with van der Waals surface area (Å²) in [6.07, 6.45) is 0. The monoisotopic (exact) mass is 543 g/mol. The van der Waals surface area contributed by atoms with Gasteiger partial charge in [0.1, 0.15) is 12.4 Å². The molecule has 2 aromatic heterocycles. The first-order valence-corrected chi connectivity index (χ1v) is 12.4. The standard InChI is InChI=1S/C25H23BrClN3O2S/c1-15-10-21(8-9-22(15)27)32-13-19-11-23(33-14-19)25(31)28-24-16(2)29-30(17(24)3)12-18-4-6-20(26)7-5-18/h4-11,14H,12-13H2,1-3H3,(H,28,31). The number of anilines is 1. The van der Waals surface area contributed by atoms with Crippen LogP contribution in [0.25, 0.3) is 0 Å². The molecule has 0 aliphatic heterocycles. The van der Waals surface area contributed by atoms with Crippen LogP contribution < -0.4 is 10.1 Å². The molecule has 4 aromatic rings. The van der Waals surface area contributed by atoms with Crippen LogP contribution in [0.3, 0.4) is 0 Å². The molecule has 0 radical (unpaired) electrons. The Labute approximate surface area is 210 Å². The Bertz CT molecular complexity index is 1300. The number of ether oxygens (including phenoxy) is 1. The van der Waals surface area contributed by atoms with Crippen molar-refractivity contribution in [1.82, 2.24) is 9.78 Å². The highest BCUT2D eigenvalue weighted by atomic mass is 79.9. The number of amides is 1. The molecule has 2 heterocycles. The molecule has 0 spiro atoms. The molecule has 0 bridgehead atoms. The van der Waals surface area contributed by atoms with Gasteiger partial charge in [0.15, 0.2) is 0 Å². The van der Waals surface area contributed by atoms with Crippen LogP contribution in [0.4, 0.5) is 5.69 Å². The lowest BCUT2D eigenvalue weighted by Gasteiger charge is -2.07. The normalized spacial score (nSPS) is 10.9. The molecule has 8 heteroatoms. The summed E-state index contributed by atoms with van der Waals surface area (Å²) in [7, 11) is 0. The summed E-state index contributed by atoms with van der Waals surface area (Å²) < 4.78 is 8.80. The van der Waals surface area contributed by atoms with E-state index in [1.807, 2.05) is 67.2 Å². The van der Waals surface area contributed by atoms with Crippen molar-refractivity contribution in [2.24, 2.45) is 0 Å². The van der Waals surface area contributed by atoms with E-state index in [0.717, 1.165) is 44.0 Å². The molecular weight excluding hydrogens is 522 g/mol. The summed E-state index contributed by atoms with van der Waals surface area (Å²) >= 11 is 10.9. The van der Waals surface area contributed by atoms with Crippen molar-refractivity contribution in [1.29, 1.82) is 0 Å². The summed E-state index contributed by atoms with van der Waals surface area (Å²) in [5.41, 5.74) is 5.50. The van der Waals surface area contributed by atoms with E-state index in [2.05, 4.69) is 38.5 Å². The molecule has 4 rings (SSSR count). The predicted octanol–water partition coefficient (Wildman–Crippen LogP) is 7.17. The van der Waals surface area contributed by atoms with Crippen molar-refractivity contribution in [2.75, 3.05) is 5.32 Å². The van der Waals surface area contributed by atoms with Crippen LogP contribution in [-0.4, -0.2) is 15.7 Å². The van der Waals surface area contributed by atoms with Gasteiger partial charge in [0, 0.05) is 15.1 Å². The fourth-order valence-corrected chi connectivity index (χ4v) is 4.59. The highest BCUT2D eigenvalue weighted by Gasteiger charge is 2.17. The first kappa shape index (κ1) is 23.5. The maximum absolute atomic E-state index is 12.9. The maximum Gasteiger partial charge on any atom is 0.265 e. The van der Waals surface area contributed by atoms with Gasteiger partial charge in [0.25, 0.3) is 5.91 Å². The topological polar surface area (TPSA) is 56.1 Å². The van der Waals surface area contributed by atoms with E-state index < -0.39 is 0 Å². The number of rotatable bonds is 7. The number of halogens is 2. The van der Waals surface area contributed by atoms with Gasteiger partial charge in [-0.1, -0.05) is 39.7 Å². The number of benzene rings is 2. The second kappa shape index (κ2) is 10.1. The molecule has 0 unspecified atom stereocenters. The Morgan fingerprint density at radius 3 is 2.61 bits per heavy atom. The van der Waals surface area contributed by atoms with Crippen molar-refractivity contribution in [3.05, 3.63) is 96.4 Å². The van der Waals surface area contributed by atoms with Crippen molar-refractivity contribution in [3.63, 3.8) is 0 Å². The maximum atomic E-state index is 12.9. The minimum absolute atomic E-state index is 0.150. The second-order valence-electron chi connectivity index (χ2n) is 7.80. The number of aromatic nitrogens is 2. The average molecular weight is 545 g/mol. The molecular formula is C25H23BrClN3O2S. The summed E-state index contributed by atoms with van der Waals surface area (Å²) in [4.78, 5) is 13.5. The molecule has 0 aliphatic rings. The number of nitrogens with zero attached hydrogens (tertiary/aromatic N) is 2. The Kier molecular flexibility index (Phi) is 7.22. The molecule has 2 aromatic carbocycles. The molecule has 170 valence electrons. The number of carbonyl (C=O) groups is 1. The van der Waals surface area contributed by atoms with Crippen LogP contribution in [0.2, 0.25) is 5.02 Å². The summed E-state index contributed by atoms with van der Waals surface area (Å²) in [5, 5.41) is 10.3. The zero-order valence-corrected chi connectivity index (χ0v) is 21.6. The van der Waals surface area contributed by atoms with E-state index in [4.69, 9.17) is 16.3 Å². The number of aryl methyl sites for hydroxylation is 2. The third kappa shape index (κ3) is 5.66. The third-order valence-corrected chi connectivity index (χ3v) is 7.21. The Morgan fingerprint density at radius 2 is 1.88 bits per heavy atom. The van der Waals surface area contributed by atoms with E-state index in [1.54, 1.807) is 0 Å². The highest BCUT2D eigenvalue weighted by molar-refractivity contribution is 9.10. The quantitative estimate of drug-likeness (QED) is 0.268. The van der Waals surface area contributed by atoms with Gasteiger partial charge in [0.05, 0.1) is 28.5 Å².